The van der Waals surface area contributed by atoms with E-state index in [4.69, 9.17) is 21.9 Å². The fourth-order valence-corrected chi connectivity index (χ4v) is 8.35. The molecule has 38 nitrogen and oxygen atoms in total. The minimum absolute atomic E-state index is 0.0952. The molecular formula is C53H77N15O23. The quantitative estimate of drug-likeness (QED) is 0.0159. The molecule has 12 amide bonds. The Morgan fingerprint density at radius 1 is 0.648 bits per heavy atom. The van der Waals surface area contributed by atoms with Gasteiger partial charge in [-0.05, 0) is 58.3 Å². The number of carbonyl (C=O) groups is 17. The lowest BCUT2D eigenvalue weighted by Gasteiger charge is -2.30. The summed E-state index contributed by atoms with van der Waals surface area (Å²) in [7, 11) is 1.53. The van der Waals surface area contributed by atoms with Gasteiger partial charge in [-0.1, -0.05) is 25.6 Å². The normalized spacial score (nSPS) is 23.4. The van der Waals surface area contributed by atoms with Crippen molar-refractivity contribution in [1.82, 2.24) is 63.8 Å². The fourth-order valence-electron chi connectivity index (χ4n) is 8.35. The third-order valence-corrected chi connectivity index (χ3v) is 13.1. The molecule has 1 aromatic rings. The van der Waals surface area contributed by atoms with Crippen molar-refractivity contribution >= 4 is 106 Å². The van der Waals surface area contributed by atoms with Gasteiger partial charge in [0.05, 0.1) is 57.2 Å². The Labute approximate surface area is 517 Å². The first-order valence-electron chi connectivity index (χ1n) is 27.8. The maximum atomic E-state index is 14.5. The van der Waals surface area contributed by atoms with E-state index >= 15 is 0 Å². The Balaban J connectivity index is 2.94. The number of hydrogen-bond acceptors (Lipinski definition) is 23. The SMILES string of the molecule is C=C(O)CC1NC(=O)C(C)NC(=O)C(CC(=O)O)NC(=O)C(CCCNC)NC(=O)CNC(=O)C(NC(=O)C(CC(=O)O)NC(=O)C(N)CC(N)=O)C(C)OC(=O)C(CC(=O)c2ccccc2N)NC(=O)C(C(C)CC(=O)O)NC(=O)C(CO)NC(=O)CNC1=O. The second-order valence-electron chi connectivity index (χ2n) is 20.7. The molecule has 38 heteroatoms. The summed E-state index contributed by atoms with van der Waals surface area (Å²) in [5, 5.41) is 75.7. The average Bonchev–Trinajstić information content (AvgIpc) is 1.19. The summed E-state index contributed by atoms with van der Waals surface area (Å²) in [5.74, 6) is -25.4. The number of carboxylic acids is 3. The summed E-state index contributed by atoms with van der Waals surface area (Å²) >= 11 is 0. The van der Waals surface area contributed by atoms with Crippen molar-refractivity contribution in [3.05, 3.63) is 42.2 Å². The molecule has 0 spiro atoms. The highest BCUT2D eigenvalue weighted by Gasteiger charge is 2.40. The molecule has 1 heterocycles. The van der Waals surface area contributed by atoms with Gasteiger partial charge in [-0.15, -0.1) is 0 Å². The van der Waals surface area contributed by atoms with Gasteiger partial charge in [0.1, 0.15) is 60.5 Å². The second kappa shape index (κ2) is 37.5. The van der Waals surface area contributed by atoms with Crippen LogP contribution >= 0.6 is 0 Å². The third-order valence-electron chi connectivity index (χ3n) is 13.1. The van der Waals surface area contributed by atoms with E-state index in [9.17, 15) is 107 Å². The molecule has 2 rings (SSSR count). The van der Waals surface area contributed by atoms with Gasteiger partial charge in [0.25, 0.3) is 0 Å². The van der Waals surface area contributed by atoms with Crippen molar-refractivity contribution in [2.45, 2.75) is 139 Å². The highest BCUT2D eigenvalue weighted by atomic mass is 16.5. The first-order chi connectivity index (χ1) is 42.6. The molecule has 1 fully saturated rings. The van der Waals surface area contributed by atoms with E-state index < -0.39 is 237 Å². The second-order valence-corrected chi connectivity index (χ2v) is 20.7. The van der Waals surface area contributed by atoms with Gasteiger partial charge in [0.2, 0.25) is 70.9 Å². The zero-order chi connectivity index (χ0) is 69.0. The number of nitrogens with two attached hydrogens (primary N) is 3. The van der Waals surface area contributed by atoms with Crippen molar-refractivity contribution in [1.29, 1.82) is 0 Å². The molecule has 91 heavy (non-hydrogen) atoms. The molecule has 0 saturated carbocycles. The zero-order valence-electron chi connectivity index (χ0n) is 49.7. The molecule has 0 bridgehead atoms. The number of aliphatic hydroxyl groups is 2. The predicted octanol–water partition coefficient (Wildman–Crippen LogP) is -8.88. The number of Topliss-reactive ketones (excluding diaryl/α,β-unsaturated/α-hetero) is 1. The van der Waals surface area contributed by atoms with Gasteiger partial charge in [-0.25, -0.2) is 4.79 Å². The van der Waals surface area contributed by atoms with Crippen LogP contribution in [0, 0.1) is 5.92 Å². The Bertz CT molecular complexity index is 2930. The van der Waals surface area contributed by atoms with Gasteiger partial charge >= 0.3 is 23.9 Å². The van der Waals surface area contributed by atoms with Crippen molar-refractivity contribution in [2.75, 3.05) is 39.0 Å². The molecule has 23 N–H and O–H groups in total. The Kier molecular flexibility index (Phi) is 31.6. The number of nitrogens with one attached hydrogen (secondary N) is 12. The van der Waals surface area contributed by atoms with Gasteiger partial charge in [0, 0.05) is 24.1 Å². The van der Waals surface area contributed by atoms with Crippen LogP contribution in [-0.4, -0.2) is 226 Å². The number of nitrogen functional groups attached to an aromatic ring is 1. The van der Waals surface area contributed by atoms with Crippen molar-refractivity contribution in [3.63, 3.8) is 0 Å². The summed E-state index contributed by atoms with van der Waals surface area (Å²) in [5.41, 5.74) is 16.4. The molecule has 1 aromatic carbocycles. The van der Waals surface area contributed by atoms with E-state index in [0.717, 1.165) is 20.8 Å². The molecule has 0 radical (unpaired) electrons. The Morgan fingerprint density at radius 2 is 1.20 bits per heavy atom. The van der Waals surface area contributed by atoms with E-state index in [0.29, 0.717) is 0 Å². The summed E-state index contributed by atoms with van der Waals surface area (Å²) in [6, 6.07) is -14.4. The third kappa shape index (κ3) is 26.9. The Morgan fingerprint density at radius 3 is 1.76 bits per heavy atom. The van der Waals surface area contributed by atoms with Crippen molar-refractivity contribution < 1.29 is 112 Å². The fraction of sp³-hybridized carbons (Fsp3) is 0.528. The number of cyclic esters (lactones) is 1. The number of rotatable bonds is 23. The predicted molar refractivity (Wildman–Crippen MR) is 309 cm³/mol. The largest absolute Gasteiger partial charge is 0.513 e. The standard InChI is InChI=1S/C53H77N15O23/c1-22(13-39(75)76)42-52(89)66-33(16-35(71)26-9-6-7-10-27(26)54)53(90)91-25(4)43(68-49(86)32(18-41(79)80)64-45(82)28(55)15-36(56)72)51(88)59-20-37(73)61-29(11-8-12-57-5)47(84)65-31(17-40(77)78)48(85)60-24(3)44(81)63-30(14-23(2)70)46(83)58-19-38(74)62-34(21-69)50(87)67-42/h6-7,9-10,22,24-25,28-34,42-43,57,69-70H,2,8,11-21,54-55H2,1,3-5H3,(H2,56,72)(H,58,83)(H,59,88)(H,60,85)(H,61,73)(H,62,74)(H,63,81)(H,64,82)(H,65,84)(H,66,89)(H,67,87)(H,68,86)(H,75,76)(H,77,78)(H,79,80). The number of primary amides is 1. The van der Waals surface area contributed by atoms with E-state index in [2.05, 4.69) is 65.1 Å². The number of carbonyl (C=O) groups excluding carboxylic acids is 14. The molecule has 1 aliphatic rings. The molecule has 502 valence electrons. The summed E-state index contributed by atoms with van der Waals surface area (Å²) in [4.78, 5) is 227. The minimum atomic E-state index is -2.31. The monoisotopic (exact) mass is 1290 g/mol. The zero-order valence-corrected chi connectivity index (χ0v) is 49.7. The van der Waals surface area contributed by atoms with Crippen LogP contribution in [0.2, 0.25) is 0 Å². The number of benzene rings is 1. The van der Waals surface area contributed by atoms with Crippen LogP contribution < -0.4 is 81.0 Å². The summed E-state index contributed by atoms with van der Waals surface area (Å²) in [6.07, 6.45) is -8.18. The van der Waals surface area contributed by atoms with Gasteiger partial charge < -0.3 is 111 Å². The lowest BCUT2D eigenvalue weighted by atomic mass is 9.96. The Hall–Kier alpha value is -10.4. The molecule has 12 unspecified atom stereocenters. The topological polar surface area (TPSA) is 623 Å². The molecule has 12 atom stereocenters. The maximum Gasteiger partial charge on any atom is 0.329 e. The number of aliphatic carboxylic acids is 3. The molecule has 1 aliphatic heterocycles. The van der Waals surface area contributed by atoms with Crippen molar-refractivity contribution in [3.8, 4) is 0 Å². The highest BCUT2D eigenvalue weighted by Crippen LogP contribution is 2.18. The van der Waals surface area contributed by atoms with E-state index in [-0.39, 0.29) is 30.6 Å². The highest BCUT2D eigenvalue weighted by molar-refractivity contribution is 6.04. The lowest BCUT2D eigenvalue weighted by molar-refractivity contribution is -0.156. The van der Waals surface area contributed by atoms with Crippen LogP contribution in [0.5, 0.6) is 0 Å². The van der Waals surface area contributed by atoms with Gasteiger partial charge in [-0.3, -0.25) is 76.7 Å². The van der Waals surface area contributed by atoms with Gasteiger partial charge in [0.15, 0.2) is 5.78 Å². The molecule has 0 aromatic heterocycles. The van der Waals surface area contributed by atoms with Crippen LogP contribution in [0.4, 0.5) is 5.69 Å². The number of ketones is 1. The number of esters is 1. The first-order valence-corrected chi connectivity index (χ1v) is 27.8. The number of carboxylic acid groups (broad SMARTS) is 3. The summed E-state index contributed by atoms with van der Waals surface area (Å²) < 4.78 is 5.57. The van der Waals surface area contributed by atoms with Gasteiger partial charge in [-0.2, -0.15) is 0 Å². The van der Waals surface area contributed by atoms with Crippen LogP contribution in [0.3, 0.4) is 0 Å². The molecule has 0 aliphatic carbocycles. The molecule has 1 saturated heterocycles. The summed E-state index contributed by atoms with van der Waals surface area (Å²) in [6.45, 7) is 3.09. The maximum absolute atomic E-state index is 14.5. The number of para-hydroxylation sites is 1. The average molecular weight is 1290 g/mol. The number of amides is 12. The van der Waals surface area contributed by atoms with E-state index in [1.807, 2.05) is 5.32 Å². The van der Waals surface area contributed by atoms with Crippen LogP contribution in [0.25, 0.3) is 0 Å². The number of anilines is 1. The van der Waals surface area contributed by atoms with E-state index in [1.54, 1.807) is 0 Å². The van der Waals surface area contributed by atoms with Crippen LogP contribution in [0.1, 0.15) is 82.5 Å². The lowest BCUT2D eigenvalue weighted by Crippen LogP contribution is -2.61. The number of aliphatic hydroxyl groups excluding tert-OH is 2. The molecular weight excluding hydrogens is 1210 g/mol. The van der Waals surface area contributed by atoms with Crippen molar-refractivity contribution in [2.24, 2.45) is 17.4 Å². The smallest absolute Gasteiger partial charge is 0.329 e. The number of ether oxygens (including phenoxy) is 1. The van der Waals surface area contributed by atoms with Crippen LogP contribution in [0.15, 0.2) is 36.6 Å². The first kappa shape index (κ1) is 76.7. The van der Waals surface area contributed by atoms with Crippen LogP contribution in [-0.2, 0) is 81.4 Å². The minimum Gasteiger partial charge on any atom is -0.513 e. The number of hydrogen-bond donors (Lipinski definition) is 20. The van der Waals surface area contributed by atoms with E-state index in [1.165, 1.54) is 31.3 Å².